The lowest BCUT2D eigenvalue weighted by Gasteiger charge is -2.27. The quantitative estimate of drug-likeness (QED) is 0.806. The van der Waals surface area contributed by atoms with E-state index < -0.39 is 11.7 Å². The summed E-state index contributed by atoms with van der Waals surface area (Å²) in [7, 11) is 1.63. The molecule has 3 heteroatoms. The summed E-state index contributed by atoms with van der Waals surface area (Å²) < 4.78 is 18.8. The zero-order valence-corrected chi connectivity index (χ0v) is 9.09. The summed E-state index contributed by atoms with van der Waals surface area (Å²) in [4.78, 5) is 0. The maximum absolute atomic E-state index is 13.7. The Hall–Kier alpha value is -1.09. The molecule has 2 nitrogen and oxygen atoms in total. The Kier molecular flexibility index (Phi) is 2.65. The molecule has 82 valence electrons. The molecule has 1 saturated heterocycles. The van der Waals surface area contributed by atoms with E-state index in [9.17, 15) is 4.39 Å². The third kappa shape index (κ3) is 1.72. The molecule has 0 saturated carbocycles. The van der Waals surface area contributed by atoms with E-state index in [1.165, 1.54) is 0 Å². The van der Waals surface area contributed by atoms with Crippen LogP contribution in [0.25, 0.3) is 0 Å². The molecule has 0 aliphatic carbocycles. The van der Waals surface area contributed by atoms with Crippen molar-refractivity contribution in [2.45, 2.75) is 25.1 Å². The summed E-state index contributed by atoms with van der Waals surface area (Å²) in [5.41, 5.74) is 0.444. The van der Waals surface area contributed by atoms with E-state index in [-0.39, 0.29) is 0 Å². The van der Waals surface area contributed by atoms with Crippen LogP contribution in [0, 0.1) is 0 Å². The van der Waals surface area contributed by atoms with E-state index >= 15 is 0 Å². The largest absolute Gasteiger partial charge is 0.497 e. The number of halogens is 1. The highest BCUT2D eigenvalue weighted by Gasteiger charge is 2.40. The molecule has 0 bridgehead atoms. The molecule has 0 amide bonds. The lowest BCUT2D eigenvalue weighted by Crippen LogP contribution is -2.39. The molecule has 1 fully saturated rings. The molecular formula is C12H16FNO. The Balaban J connectivity index is 2.28. The average molecular weight is 209 g/mol. The summed E-state index contributed by atoms with van der Waals surface area (Å²) >= 11 is 0. The van der Waals surface area contributed by atoms with E-state index in [4.69, 9.17) is 4.74 Å². The minimum Gasteiger partial charge on any atom is -0.497 e. The average Bonchev–Trinajstić information content (AvgIpc) is 2.61. The van der Waals surface area contributed by atoms with E-state index in [2.05, 4.69) is 5.32 Å². The van der Waals surface area contributed by atoms with Crippen LogP contribution >= 0.6 is 0 Å². The van der Waals surface area contributed by atoms with Crippen molar-refractivity contribution in [1.29, 1.82) is 0 Å². The first-order chi connectivity index (χ1) is 7.16. The van der Waals surface area contributed by atoms with Gasteiger partial charge in [-0.15, -0.1) is 0 Å². The van der Waals surface area contributed by atoms with Gasteiger partial charge in [0.1, 0.15) is 11.9 Å². The molecule has 1 N–H and O–H groups in total. The highest BCUT2D eigenvalue weighted by Crippen LogP contribution is 2.33. The Morgan fingerprint density at radius 2 is 2.07 bits per heavy atom. The third-order valence-corrected chi connectivity index (χ3v) is 3.21. The second kappa shape index (κ2) is 3.81. The number of hydrogen-bond acceptors (Lipinski definition) is 2. The second-order valence-corrected chi connectivity index (χ2v) is 4.11. The van der Waals surface area contributed by atoms with E-state index in [1.54, 1.807) is 7.11 Å². The van der Waals surface area contributed by atoms with Crippen molar-refractivity contribution in [3.63, 3.8) is 0 Å². The van der Waals surface area contributed by atoms with Gasteiger partial charge in [-0.25, -0.2) is 4.39 Å². The number of benzene rings is 1. The van der Waals surface area contributed by atoms with Crippen molar-refractivity contribution in [2.24, 2.45) is 0 Å². The Morgan fingerprint density at radius 1 is 1.40 bits per heavy atom. The molecule has 2 atom stereocenters. The molecule has 1 aromatic rings. The van der Waals surface area contributed by atoms with Gasteiger partial charge in [0.2, 0.25) is 0 Å². The van der Waals surface area contributed by atoms with Crippen LogP contribution in [0.1, 0.15) is 18.9 Å². The van der Waals surface area contributed by atoms with E-state index in [0.717, 1.165) is 17.9 Å². The SMILES string of the molecule is COc1ccc(C2(C)NCCC2F)cc1. The molecule has 15 heavy (non-hydrogen) atoms. The number of nitrogens with one attached hydrogen (secondary N) is 1. The van der Waals surface area contributed by atoms with Crippen LogP contribution in [-0.2, 0) is 5.54 Å². The molecule has 2 unspecified atom stereocenters. The van der Waals surface area contributed by atoms with Crippen LogP contribution in [0.15, 0.2) is 24.3 Å². The summed E-state index contributed by atoms with van der Waals surface area (Å²) in [5.74, 6) is 0.802. The fraction of sp³-hybridized carbons (Fsp3) is 0.500. The van der Waals surface area contributed by atoms with Gasteiger partial charge < -0.3 is 10.1 Å². The molecule has 0 radical (unpaired) electrons. The molecule has 2 rings (SSSR count). The molecule has 1 aromatic carbocycles. The second-order valence-electron chi connectivity index (χ2n) is 4.11. The topological polar surface area (TPSA) is 21.3 Å². The van der Waals surface area contributed by atoms with Gasteiger partial charge >= 0.3 is 0 Å². The van der Waals surface area contributed by atoms with Crippen molar-refractivity contribution in [1.82, 2.24) is 5.32 Å². The van der Waals surface area contributed by atoms with E-state index in [1.807, 2.05) is 31.2 Å². The fourth-order valence-electron chi connectivity index (χ4n) is 2.08. The van der Waals surface area contributed by atoms with Crippen LogP contribution in [0.4, 0.5) is 4.39 Å². The molecule has 0 spiro atoms. The lowest BCUT2D eigenvalue weighted by atomic mass is 9.89. The first-order valence-electron chi connectivity index (χ1n) is 5.20. The van der Waals surface area contributed by atoms with Crippen molar-refractivity contribution in [3.8, 4) is 5.75 Å². The molecular weight excluding hydrogens is 193 g/mol. The highest BCUT2D eigenvalue weighted by molar-refractivity contribution is 5.33. The van der Waals surface area contributed by atoms with Crippen LogP contribution in [-0.4, -0.2) is 19.8 Å². The van der Waals surface area contributed by atoms with Gasteiger partial charge in [0.25, 0.3) is 0 Å². The predicted octanol–water partition coefficient (Wildman–Crippen LogP) is 2.24. The van der Waals surface area contributed by atoms with Gasteiger partial charge in [0, 0.05) is 0 Å². The number of methoxy groups -OCH3 is 1. The van der Waals surface area contributed by atoms with Gasteiger partial charge in [0.15, 0.2) is 0 Å². The van der Waals surface area contributed by atoms with Gasteiger partial charge in [0.05, 0.1) is 12.6 Å². The Bertz CT molecular complexity index is 338. The minimum atomic E-state index is -0.814. The van der Waals surface area contributed by atoms with Crippen molar-refractivity contribution >= 4 is 0 Å². The van der Waals surface area contributed by atoms with Gasteiger partial charge in [-0.2, -0.15) is 0 Å². The maximum atomic E-state index is 13.7. The zero-order chi connectivity index (χ0) is 10.9. The number of alkyl halides is 1. The van der Waals surface area contributed by atoms with Crippen molar-refractivity contribution in [2.75, 3.05) is 13.7 Å². The van der Waals surface area contributed by atoms with Gasteiger partial charge in [-0.3, -0.25) is 0 Å². The summed E-state index contributed by atoms with van der Waals surface area (Å²) in [5, 5.41) is 3.22. The zero-order valence-electron chi connectivity index (χ0n) is 9.09. The number of hydrogen-bond donors (Lipinski definition) is 1. The summed E-state index contributed by atoms with van der Waals surface area (Å²) in [6.07, 6.45) is -0.228. The van der Waals surface area contributed by atoms with Crippen molar-refractivity contribution < 1.29 is 9.13 Å². The monoisotopic (exact) mass is 209 g/mol. The van der Waals surface area contributed by atoms with Crippen LogP contribution in [0.5, 0.6) is 5.75 Å². The molecule has 0 aromatic heterocycles. The maximum Gasteiger partial charge on any atom is 0.123 e. The summed E-state index contributed by atoms with van der Waals surface area (Å²) in [6.45, 7) is 2.65. The normalized spacial score (nSPS) is 30.5. The molecule has 1 heterocycles. The van der Waals surface area contributed by atoms with Crippen LogP contribution < -0.4 is 10.1 Å². The van der Waals surface area contributed by atoms with Gasteiger partial charge in [-0.05, 0) is 37.6 Å². The fourth-order valence-corrected chi connectivity index (χ4v) is 2.08. The number of rotatable bonds is 2. The number of ether oxygens (including phenoxy) is 1. The van der Waals surface area contributed by atoms with E-state index in [0.29, 0.717) is 6.42 Å². The Labute approximate surface area is 89.4 Å². The third-order valence-electron chi connectivity index (χ3n) is 3.21. The minimum absolute atomic E-state index is 0.535. The first kappa shape index (κ1) is 10.4. The van der Waals surface area contributed by atoms with Crippen LogP contribution in [0.2, 0.25) is 0 Å². The summed E-state index contributed by atoms with van der Waals surface area (Å²) in [6, 6.07) is 7.58. The van der Waals surface area contributed by atoms with Crippen LogP contribution in [0.3, 0.4) is 0 Å². The standard InChI is InChI=1S/C12H16FNO/c1-12(11(13)7-8-14-12)9-3-5-10(15-2)6-4-9/h3-6,11,14H,7-8H2,1-2H3. The highest BCUT2D eigenvalue weighted by atomic mass is 19.1. The Morgan fingerprint density at radius 3 is 2.53 bits per heavy atom. The van der Waals surface area contributed by atoms with Crippen molar-refractivity contribution in [3.05, 3.63) is 29.8 Å². The molecule has 1 aliphatic rings. The van der Waals surface area contributed by atoms with Gasteiger partial charge in [-0.1, -0.05) is 12.1 Å². The predicted molar refractivity (Wildman–Crippen MR) is 57.9 cm³/mol. The smallest absolute Gasteiger partial charge is 0.123 e. The first-order valence-corrected chi connectivity index (χ1v) is 5.20. The lowest BCUT2D eigenvalue weighted by molar-refractivity contribution is 0.219. The molecule has 1 aliphatic heterocycles.